The largest absolute Gasteiger partial charge is 0.379 e. The minimum absolute atomic E-state index is 0.116. The molecule has 1 saturated heterocycles. The van der Waals surface area contributed by atoms with Gasteiger partial charge in [-0.3, -0.25) is 10.2 Å². The van der Waals surface area contributed by atoms with Crippen LogP contribution in [0.5, 0.6) is 0 Å². The van der Waals surface area contributed by atoms with Crippen LogP contribution < -0.4 is 11.3 Å². The third kappa shape index (κ3) is 4.55. The lowest BCUT2D eigenvalue weighted by Gasteiger charge is -2.08. The Hall–Kier alpha value is -0.650. The lowest BCUT2D eigenvalue weighted by molar-refractivity contribution is -0.121. The number of nitrogens with one attached hydrogen (secondary N) is 1. The third-order valence-corrected chi connectivity index (χ3v) is 2.20. The number of hydrogen-bond donors (Lipinski definition) is 2. The van der Waals surface area contributed by atoms with E-state index in [1.807, 2.05) is 0 Å². The van der Waals surface area contributed by atoms with E-state index in [1.165, 1.54) is 0 Å². The molecule has 0 aromatic rings. The Morgan fingerprint density at radius 2 is 2.43 bits per heavy atom. The van der Waals surface area contributed by atoms with E-state index in [4.69, 9.17) is 15.3 Å². The molecule has 1 aliphatic rings. The maximum Gasteiger partial charge on any atom is 0.233 e. The third-order valence-electron chi connectivity index (χ3n) is 2.20. The monoisotopic (exact) mass is 202 g/mol. The summed E-state index contributed by atoms with van der Waals surface area (Å²) in [7, 11) is 0. The van der Waals surface area contributed by atoms with Gasteiger partial charge in [0.2, 0.25) is 5.91 Å². The SMILES string of the molecule is NNC(=O)CCCCOC1CCOC1. The highest BCUT2D eigenvalue weighted by Gasteiger charge is 2.15. The van der Waals surface area contributed by atoms with Crippen molar-refractivity contribution in [2.75, 3.05) is 19.8 Å². The van der Waals surface area contributed by atoms with Crippen LogP contribution in [-0.2, 0) is 14.3 Å². The molecule has 0 aliphatic carbocycles. The maximum absolute atomic E-state index is 10.7. The first kappa shape index (κ1) is 11.4. The highest BCUT2D eigenvalue weighted by molar-refractivity contribution is 5.74. The molecular weight excluding hydrogens is 184 g/mol. The molecule has 5 heteroatoms. The van der Waals surface area contributed by atoms with Gasteiger partial charge in [0.05, 0.1) is 12.7 Å². The van der Waals surface area contributed by atoms with Gasteiger partial charge in [-0.2, -0.15) is 0 Å². The fourth-order valence-corrected chi connectivity index (χ4v) is 1.35. The number of rotatable bonds is 6. The van der Waals surface area contributed by atoms with E-state index in [1.54, 1.807) is 0 Å². The Labute approximate surface area is 83.9 Å². The fourth-order valence-electron chi connectivity index (χ4n) is 1.35. The van der Waals surface area contributed by atoms with Crippen molar-refractivity contribution in [2.45, 2.75) is 31.8 Å². The number of ether oxygens (including phenoxy) is 2. The van der Waals surface area contributed by atoms with Crippen LogP contribution >= 0.6 is 0 Å². The van der Waals surface area contributed by atoms with Gasteiger partial charge in [0.1, 0.15) is 0 Å². The molecule has 0 saturated carbocycles. The molecule has 1 atom stereocenters. The normalized spacial score (nSPS) is 21.1. The molecule has 0 spiro atoms. The van der Waals surface area contributed by atoms with Gasteiger partial charge in [0.15, 0.2) is 0 Å². The lowest BCUT2D eigenvalue weighted by Crippen LogP contribution is -2.29. The summed E-state index contributed by atoms with van der Waals surface area (Å²) in [5.41, 5.74) is 2.10. The van der Waals surface area contributed by atoms with Crippen molar-refractivity contribution in [1.82, 2.24) is 5.43 Å². The summed E-state index contributed by atoms with van der Waals surface area (Å²) in [6.45, 7) is 2.22. The van der Waals surface area contributed by atoms with Crippen LogP contribution in [0.2, 0.25) is 0 Å². The number of carbonyl (C=O) groups is 1. The minimum Gasteiger partial charge on any atom is -0.379 e. The first-order valence-corrected chi connectivity index (χ1v) is 5.01. The summed E-state index contributed by atoms with van der Waals surface area (Å²) in [5, 5.41) is 0. The van der Waals surface area contributed by atoms with Gasteiger partial charge in [0, 0.05) is 19.6 Å². The summed E-state index contributed by atoms with van der Waals surface area (Å²) in [6, 6.07) is 0. The Balaban J connectivity index is 1.86. The number of hydrogen-bond acceptors (Lipinski definition) is 4. The van der Waals surface area contributed by atoms with Crippen molar-refractivity contribution < 1.29 is 14.3 Å². The summed E-state index contributed by atoms with van der Waals surface area (Å²) in [5.74, 6) is 4.82. The average Bonchev–Trinajstić information content (AvgIpc) is 2.69. The van der Waals surface area contributed by atoms with Crippen molar-refractivity contribution in [3.05, 3.63) is 0 Å². The Morgan fingerprint density at radius 1 is 1.57 bits per heavy atom. The molecule has 0 radical (unpaired) electrons. The molecule has 1 amide bonds. The van der Waals surface area contributed by atoms with Crippen LogP contribution in [0.25, 0.3) is 0 Å². The van der Waals surface area contributed by atoms with Crippen LogP contribution in [-0.4, -0.2) is 31.8 Å². The fraction of sp³-hybridized carbons (Fsp3) is 0.889. The molecule has 1 heterocycles. The van der Waals surface area contributed by atoms with Crippen LogP contribution in [0.1, 0.15) is 25.7 Å². The summed E-state index contributed by atoms with van der Waals surface area (Å²) in [4.78, 5) is 10.7. The lowest BCUT2D eigenvalue weighted by atomic mass is 10.2. The van der Waals surface area contributed by atoms with Crippen LogP contribution in [0.3, 0.4) is 0 Å². The van der Waals surface area contributed by atoms with Gasteiger partial charge < -0.3 is 9.47 Å². The van der Waals surface area contributed by atoms with Crippen molar-refractivity contribution in [2.24, 2.45) is 5.84 Å². The quantitative estimate of drug-likeness (QED) is 0.274. The highest BCUT2D eigenvalue weighted by Crippen LogP contribution is 2.08. The van der Waals surface area contributed by atoms with Crippen molar-refractivity contribution >= 4 is 5.91 Å². The van der Waals surface area contributed by atoms with Gasteiger partial charge in [-0.25, -0.2) is 5.84 Å². The van der Waals surface area contributed by atoms with E-state index >= 15 is 0 Å². The first-order valence-electron chi connectivity index (χ1n) is 5.01. The smallest absolute Gasteiger partial charge is 0.233 e. The Morgan fingerprint density at radius 3 is 3.07 bits per heavy atom. The van der Waals surface area contributed by atoms with Gasteiger partial charge in [-0.15, -0.1) is 0 Å². The zero-order valence-corrected chi connectivity index (χ0v) is 8.33. The number of nitrogens with two attached hydrogens (primary N) is 1. The minimum atomic E-state index is -0.116. The Kier molecular flexibility index (Phi) is 5.51. The second kappa shape index (κ2) is 6.75. The Bertz CT molecular complexity index is 169. The second-order valence-corrected chi connectivity index (χ2v) is 3.38. The van der Waals surface area contributed by atoms with E-state index in [0.717, 1.165) is 25.9 Å². The van der Waals surface area contributed by atoms with Crippen molar-refractivity contribution in [3.8, 4) is 0 Å². The predicted octanol–water partition coefficient (Wildman–Crippen LogP) is -0.0479. The molecule has 3 N–H and O–H groups in total. The summed E-state index contributed by atoms with van der Waals surface area (Å²) in [6.07, 6.45) is 3.43. The first-order chi connectivity index (χ1) is 6.83. The molecule has 1 fully saturated rings. The summed E-state index contributed by atoms with van der Waals surface area (Å²) >= 11 is 0. The molecule has 0 aromatic heterocycles. The number of hydrazine groups is 1. The molecule has 0 bridgehead atoms. The van der Waals surface area contributed by atoms with E-state index < -0.39 is 0 Å². The van der Waals surface area contributed by atoms with E-state index in [9.17, 15) is 4.79 Å². The zero-order chi connectivity index (χ0) is 10.2. The van der Waals surface area contributed by atoms with Gasteiger partial charge >= 0.3 is 0 Å². The van der Waals surface area contributed by atoms with Crippen LogP contribution in [0.15, 0.2) is 0 Å². The topological polar surface area (TPSA) is 73.6 Å². The van der Waals surface area contributed by atoms with Gasteiger partial charge in [-0.1, -0.05) is 0 Å². The molecule has 14 heavy (non-hydrogen) atoms. The van der Waals surface area contributed by atoms with Crippen LogP contribution in [0, 0.1) is 0 Å². The van der Waals surface area contributed by atoms with Gasteiger partial charge in [0.25, 0.3) is 0 Å². The molecule has 1 rings (SSSR count). The van der Waals surface area contributed by atoms with E-state index in [-0.39, 0.29) is 12.0 Å². The maximum atomic E-state index is 10.7. The van der Waals surface area contributed by atoms with Gasteiger partial charge in [-0.05, 0) is 19.3 Å². The molecule has 82 valence electrons. The molecular formula is C9H18N2O3. The van der Waals surface area contributed by atoms with Crippen LogP contribution in [0.4, 0.5) is 0 Å². The number of carbonyl (C=O) groups excluding carboxylic acids is 1. The van der Waals surface area contributed by atoms with E-state index in [2.05, 4.69) is 5.43 Å². The van der Waals surface area contributed by atoms with Crippen molar-refractivity contribution in [1.29, 1.82) is 0 Å². The number of unbranched alkanes of at least 4 members (excludes halogenated alkanes) is 1. The standard InChI is InChI=1S/C9H18N2O3/c10-11-9(12)3-1-2-5-14-8-4-6-13-7-8/h8H,1-7,10H2,(H,11,12). The second-order valence-electron chi connectivity index (χ2n) is 3.38. The molecule has 0 aromatic carbocycles. The van der Waals surface area contributed by atoms with Crippen molar-refractivity contribution in [3.63, 3.8) is 0 Å². The zero-order valence-electron chi connectivity index (χ0n) is 8.33. The summed E-state index contributed by atoms with van der Waals surface area (Å²) < 4.78 is 10.7. The highest BCUT2D eigenvalue weighted by atomic mass is 16.5. The average molecular weight is 202 g/mol. The van der Waals surface area contributed by atoms with E-state index in [0.29, 0.717) is 19.6 Å². The predicted molar refractivity (Wildman–Crippen MR) is 51.4 cm³/mol. The molecule has 1 aliphatic heterocycles. The molecule has 1 unspecified atom stereocenters. The number of amides is 1. The molecule has 5 nitrogen and oxygen atoms in total.